The number of hydrogen-bond acceptors (Lipinski definition) is 5. The molecule has 1 aromatic heterocycles. The monoisotopic (exact) mass is 302 g/mol. The molecule has 0 atom stereocenters. The Bertz CT molecular complexity index is 632. The molecule has 1 aliphatic rings. The van der Waals surface area contributed by atoms with Crippen LogP contribution in [0.5, 0.6) is 5.75 Å². The molecule has 0 radical (unpaired) electrons. The summed E-state index contributed by atoms with van der Waals surface area (Å²) in [5.74, 6) is 0.948. The molecule has 7 nitrogen and oxygen atoms in total. The molecule has 0 spiro atoms. The van der Waals surface area contributed by atoms with Crippen LogP contribution in [0.25, 0.3) is 0 Å². The van der Waals surface area contributed by atoms with Gasteiger partial charge in [0, 0.05) is 25.5 Å². The van der Waals surface area contributed by atoms with Crippen molar-refractivity contribution in [1.29, 1.82) is 0 Å². The number of aryl methyl sites for hydroxylation is 1. The van der Waals surface area contributed by atoms with Crippen LogP contribution in [0.3, 0.4) is 0 Å². The number of hydrogen-bond donors (Lipinski definition) is 1. The quantitative estimate of drug-likeness (QED) is 0.928. The van der Waals surface area contributed by atoms with Crippen molar-refractivity contribution < 1.29 is 14.3 Å². The van der Waals surface area contributed by atoms with Gasteiger partial charge in [0.2, 0.25) is 5.95 Å². The number of rotatable bonds is 4. The minimum absolute atomic E-state index is 0.187. The third kappa shape index (κ3) is 3.43. The fourth-order valence-electron chi connectivity index (χ4n) is 2.24. The molecule has 0 bridgehead atoms. The summed E-state index contributed by atoms with van der Waals surface area (Å²) < 4.78 is 12.8. The number of ether oxygens (including phenoxy) is 2. The van der Waals surface area contributed by atoms with Gasteiger partial charge in [-0.1, -0.05) is 0 Å². The van der Waals surface area contributed by atoms with Crippen LogP contribution in [0.2, 0.25) is 0 Å². The van der Waals surface area contributed by atoms with E-state index >= 15 is 0 Å². The van der Waals surface area contributed by atoms with Crippen LogP contribution in [0.15, 0.2) is 30.6 Å². The molecule has 7 heteroatoms. The average Bonchev–Trinajstić information content (AvgIpc) is 2.94. The SMILES string of the molecule is Cn1cnnc1NC(=O)c1ccc(OC2CCOCC2)cc1. The molecule has 0 unspecified atom stereocenters. The normalized spacial score (nSPS) is 15.5. The van der Waals surface area contributed by atoms with E-state index in [0.29, 0.717) is 11.5 Å². The number of nitrogens with zero attached hydrogens (tertiary/aromatic N) is 3. The first-order valence-corrected chi connectivity index (χ1v) is 7.22. The first-order chi connectivity index (χ1) is 10.7. The second-order valence-corrected chi connectivity index (χ2v) is 5.17. The summed E-state index contributed by atoms with van der Waals surface area (Å²) in [6.07, 6.45) is 3.51. The van der Waals surface area contributed by atoms with E-state index in [1.165, 1.54) is 6.33 Å². The number of nitrogens with one attached hydrogen (secondary N) is 1. The van der Waals surface area contributed by atoms with Crippen molar-refractivity contribution in [3.63, 3.8) is 0 Å². The Kier molecular flexibility index (Phi) is 4.34. The number of anilines is 1. The first kappa shape index (κ1) is 14.5. The molecule has 1 amide bonds. The second kappa shape index (κ2) is 6.57. The summed E-state index contributed by atoms with van der Waals surface area (Å²) in [5.41, 5.74) is 0.544. The van der Waals surface area contributed by atoms with Crippen LogP contribution in [0.4, 0.5) is 5.95 Å². The highest BCUT2D eigenvalue weighted by Gasteiger charge is 2.15. The smallest absolute Gasteiger partial charge is 0.258 e. The minimum Gasteiger partial charge on any atom is -0.490 e. The van der Waals surface area contributed by atoms with Crippen LogP contribution in [0, 0.1) is 0 Å². The molecular formula is C15H18N4O3. The second-order valence-electron chi connectivity index (χ2n) is 5.17. The van der Waals surface area contributed by atoms with Crippen LogP contribution in [-0.4, -0.2) is 40.0 Å². The summed E-state index contributed by atoms with van der Waals surface area (Å²) in [5, 5.41) is 10.2. The third-order valence-electron chi connectivity index (χ3n) is 3.52. The summed E-state index contributed by atoms with van der Waals surface area (Å²) >= 11 is 0. The first-order valence-electron chi connectivity index (χ1n) is 7.22. The fraction of sp³-hybridized carbons (Fsp3) is 0.400. The topological polar surface area (TPSA) is 78.3 Å². The molecule has 1 N–H and O–H groups in total. The molecule has 1 saturated heterocycles. The summed E-state index contributed by atoms with van der Waals surface area (Å²) in [6.45, 7) is 1.48. The summed E-state index contributed by atoms with van der Waals surface area (Å²) in [6, 6.07) is 7.09. The van der Waals surface area contributed by atoms with Gasteiger partial charge in [-0.25, -0.2) is 0 Å². The standard InChI is InChI=1S/C15H18N4O3/c1-19-10-16-18-15(19)17-14(20)11-2-4-12(5-3-11)22-13-6-8-21-9-7-13/h2-5,10,13H,6-9H2,1H3,(H,17,18,20). The van der Waals surface area contributed by atoms with Gasteiger partial charge in [0.25, 0.3) is 5.91 Å². The molecule has 22 heavy (non-hydrogen) atoms. The van der Waals surface area contributed by atoms with Crippen LogP contribution in [0.1, 0.15) is 23.2 Å². The Morgan fingerprint density at radius 3 is 2.68 bits per heavy atom. The van der Waals surface area contributed by atoms with Crippen molar-refractivity contribution in [2.75, 3.05) is 18.5 Å². The summed E-state index contributed by atoms with van der Waals surface area (Å²) in [4.78, 5) is 12.1. The van der Waals surface area contributed by atoms with Crippen LogP contribution < -0.4 is 10.1 Å². The zero-order chi connectivity index (χ0) is 15.4. The van der Waals surface area contributed by atoms with E-state index in [2.05, 4.69) is 15.5 Å². The van der Waals surface area contributed by atoms with E-state index < -0.39 is 0 Å². The fourth-order valence-corrected chi connectivity index (χ4v) is 2.24. The van der Waals surface area contributed by atoms with E-state index in [4.69, 9.17) is 9.47 Å². The lowest BCUT2D eigenvalue weighted by molar-refractivity contribution is 0.0256. The lowest BCUT2D eigenvalue weighted by Gasteiger charge is -2.23. The number of carbonyl (C=O) groups excluding carboxylic acids is 1. The van der Waals surface area contributed by atoms with Gasteiger partial charge in [0.1, 0.15) is 18.2 Å². The van der Waals surface area contributed by atoms with E-state index in [1.54, 1.807) is 35.9 Å². The van der Waals surface area contributed by atoms with Crippen molar-refractivity contribution >= 4 is 11.9 Å². The van der Waals surface area contributed by atoms with Gasteiger partial charge in [0.05, 0.1) is 13.2 Å². The van der Waals surface area contributed by atoms with E-state index in [9.17, 15) is 4.79 Å². The predicted molar refractivity (Wildman–Crippen MR) is 79.9 cm³/mol. The average molecular weight is 302 g/mol. The molecule has 1 fully saturated rings. The van der Waals surface area contributed by atoms with E-state index in [-0.39, 0.29) is 12.0 Å². The summed E-state index contributed by atoms with van der Waals surface area (Å²) in [7, 11) is 1.76. The Hall–Kier alpha value is -2.41. The number of aromatic nitrogens is 3. The van der Waals surface area contributed by atoms with Crippen molar-refractivity contribution in [2.45, 2.75) is 18.9 Å². The van der Waals surface area contributed by atoms with Crippen molar-refractivity contribution in [2.24, 2.45) is 7.05 Å². The maximum atomic E-state index is 12.1. The highest BCUT2D eigenvalue weighted by Crippen LogP contribution is 2.19. The minimum atomic E-state index is -0.228. The third-order valence-corrected chi connectivity index (χ3v) is 3.52. The molecule has 0 aliphatic carbocycles. The maximum Gasteiger partial charge on any atom is 0.258 e. The van der Waals surface area contributed by atoms with Crippen molar-refractivity contribution in [3.8, 4) is 5.75 Å². The Labute approximate surface area is 128 Å². The molecule has 2 heterocycles. The number of carbonyl (C=O) groups is 1. The maximum absolute atomic E-state index is 12.1. The van der Waals surface area contributed by atoms with Gasteiger partial charge in [-0.3, -0.25) is 10.1 Å². The highest BCUT2D eigenvalue weighted by atomic mass is 16.5. The van der Waals surface area contributed by atoms with E-state index in [1.807, 2.05) is 0 Å². The molecule has 2 aromatic rings. The molecular weight excluding hydrogens is 284 g/mol. The molecule has 0 saturated carbocycles. The Morgan fingerprint density at radius 1 is 1.32 bits per heavy atom. The molecule has 1 aromatic carbocycles. The predicted octanol–water partition coefficient (Wildman–Crippen LogP) is 1.63. The Morgan fingerprint density at radius 2 is 2.05 bits per heavy atom. The Balaban J connectivity index is 1.60. The molecule has 3 rings (SSSR count). The number of benzene rings is 1. The largest absolute Gasteiger partial charge is 0.490 e. The van der Waals surface area contributed by atoms with Gasteiger partial charge < -0.3 is 14.0 Å². The van der Waals surface area contributed by atoms with Crippen molar-refractivity contribution in [3.05, 3.63) is 36.2 Å². The van der Waals surface area contributed by atoms with Crippen LogP contribution >= 0.6 is 0 Å². The lowest BCUT2D eigenvalue weighted by atomic mass is 10.1. The highest BCUT2D eigenvalue weighted by molar-refractivity contribution is 6.03. The van der Waals surface area contributed by atoms with Gasteiger partial charge in [-0.05, 0) is 24.3 Å². The zero-order valence-corrected chi connectivity index (χ0v) is 12.4. The number of amides is 1. The lowest BCUT2D eigenvalue weighted by Crippen LogP contribution is -2.25. The molecule has 116 valence electrons. The van der Waals surface area contributed by atoms with E-state index in [0.717, 1.165) is 31.8 Å². The molecule has 1 aliphatic heterocycles. The van der Waals surface area contributed by atoms with Gasteiger partial charge in [0.15, 0.2) is 0 Å². The van der Waals surface area contributed by atoms with Crippen molar-refractivity contribution in [1.82, 2.24) is 14.8 Å². The van der Waals surface area contributed by atoms with Crippen LogP contribution in [-0.2, 0) is 11.8 Å². The zero-order valence-electron chi connectivity index (χ0n) is 12.4. The van der Waals surface area contributed by atoms with Gasteiger partial charge in [-0.2, -0.15) is 0 Å². The van der Waals surface area contributed by atoms with Gasteiger partial charge in [-0.15, -0.1) is 10.2 Å². The van der Waals surface area contributed by atoms with Gasteiger partial charge >= 0.3 is 0 Å².